The summed E-state index contributed by atoms with van der Waals surface area (Å²) in [6, 6.07) is 0. The van der Waals surface area contributed by atoms with Gasteiger partial charge in [0.2, 0.25) is 0 Å². The van der Waals surface area contributed by atoms with E-state index in [1.54, 1.807) is 6.08 Å². The van der Waals surface area contributed by atoms with Gasteiger partial charge >= 0.3 is 8.25 Å². The van der Waals surface area contributed by atoms with Crippen LogP contribution in [0.25, 0.3) is 0 Å². The Morgan fingerprint density at radius 3 is 2.14 bits per heavy atom. The first-order valence-electron chi connectivity index (χ1n) is 3.48. The Hall–Kier alpha value is -0.240. The van der Waals surface area contributed by atoms with Crippen molar-refractivity contribution in [3.8, 4) is 0 Å². The van der Waals surface area contributed by atoms with Gasteiger partial charge in [0.25, 0.3) is 10.1 Å². The fraction of sp³-hybridized carbons (Fsp3) is 0.600. The molecule has 0 bridgehead atoms. The molecule has 0 aliphatic carbocycles. The van der Waals surface area contributed by atoms with E-state index in [4.69, 9.17) is 18.9 Å². The molecule has 0 aromatic rings. The summed E-state index contributed by atoms with van der Waals surface area (Å²) in [6.45, 7) is 4.23. The van der Waals surface area contributed by atoms with E-state index in [-0.39, 0.29) is 12.3 Å². The summed E-state index contributed by atoms with van der Waals surface area (Å²) in [5, 5.41) is 2.73. The van der Waals surface area contributed by atoms with Crippen molar-refractivity contribution in [2.45, 2.75) is 0 Å². The van der Waals surface area contributed by atoms with Gasteiger partial charge in [-0.25, -0.2) is 0 Å². The molecule has 0 rings (SSSR count). The Morgan fingerprint density at radius 2 is 1.86 bits per heavy atom. The highest BCUT2D eigenvalue weighted by molar-refractivity contribution is 7.85. The normalized spacial score (nSPS) is 10.6. The lowest BCUT2D eigenvalue weighted by molar-refractivity contribution is 0.405. The number of rotatable bonds is 5. The summed E-state index contributed by atoms with van der Waals surface area (Å²) in [4.78, 5) is 14.3. The number of nitrogens with one attached hydrogen (secondary N) is 1. The average Bonchev–Trinajstić information content (AvgIpc) is 1.95. The van der Waals surface area contributed by atoms with Crippen LogP contribution in [0.5, 0.6) is 0 Å². The summed E-state index contributed by atoms with van der Waals surface area (Å²) in [5.41, 5.74) is 0. The highest BCUT2D eigenvalue weighted by atomic mass is 32.2. The molecular formula is C5H14NO6PS. The average molecular weight is 247 g/mol. The van der Waals surface area contributed by atoms with Crippen molar-refractivity contribution in [3.63, 3.8) is 0 Å². The van der Waals surface area contributed by atoms with Gasteiger partial charge in [0.1, 0.15) is 0 Å². The Kier molecular flexibility index (Phi) is 10.8. The fourth-order valence-electron chi connectivity index (χ4n) is 0.405. The molecule has 0 saturated carbocycles. The molecule has 0 spiro atoms. The molecule has 0 fully saturated rings. The largest absolute Gasteiger partial charge is 0.326 e. The van der Waals surface area contributed by atoms with Crippen molar-refractivity contribution in [1.29, 1.82) is 0 Å². The summed E-state index contributed by atoms with van der Waals surface area (Å²) >= 11 is 0. The van der Waals surface area contributed by atoms with E-state index in [1.807, 2.05) is 0 Å². The molecule has 86 valence electrons. The lowest BCUT2D eigenvalue weighted by atomic mass is 10.6. The maximum atomic E-state index is 10.1. The van der Waals surface area contributed by atoms with E-state index in [0.717, 1.165) is 0 Å². The van der Waals surface area contributed by atoms with Crippen molar-refractivity contribution in [2.75, 3.05) is 18.8 Å². The van der Waals surface area contributed by atoms with E-state index in [9.17, 15) is 8.42 Å². The van der Waals surface area contributed by atoms with Gasteiger partial charge in [-0.15, -0.1) is 6.58 Å². The summed E-state index contributed by atoms with van der Waals surface area (Å²) < 4.78 is 37.1. The van der Waals surface area contributed by atoms with Gasteiger partial charge in [-0.3, -0.25) is 9.12 Å². The first-order chi connectivity index (χ1) is 6.29. The minimum absolute atomic E-state index is 0.249. The maximum absolute atomic E-state index is 10.1. The molecule has 0 aromatic carbocycles. The molecule has 4 N–H and O–H groups in total. The second-order valence-corrected chi connectivity index (χ2v) is 4.20. The van der Waals surface area contributed by atoms with E-state index >= 15 is 0 Å². The molecule has 0 unspecified atom stereocenters. The van der Waals surface area contributed by atoms with Crippen molar-refractivity contribution in [1.82, 2.24) is 5.32 Å². The number of hydrogen-bond donors (Lipinski definition) is 4. The third-order valence-electron chi connectivity index (χ3n) is 0.825. The minimum atomic E-state index is -3.80. The van der Waals surface area contributed by atoms with Gasteiger partial charge < -0.3 is 15.1 Å². The van der Waals surface area contributed by atoms with E-state index in [2.05, 4.69) is 11.9 Å². The number of hydrogen-bond acceptors (Lipinski definition) is 4. The molecule has 0 aromatic heterocycles. The zero-order chi connectivity index (χ0) is 11.6. The van der Waals surface area contributed by atoms with Crippen LogP contribution in [0.2, 0.25) is 0 Å². The van der Waals surface area contributed by atoms with Gasteiger partial charge in [-0.05, 0) is 0 Å². The lowest BCUT2D eigenvalue weighted by Crippen LogP contribution is -2.22. The van der Waals surface area contributed by atoms with Crippen LogP contribution in [0.15, 0.2) is 12.7 Å². The third-order valence-corrected chi connectivity index (χ3v) is 1.55. The molecule has 0 radical (unpaired) electrons. The van der Waals surface area contributed by atoms with E-state index in [1.165, 1.54) is 0 Å². The van der Waals surface area contributed by atoms with Crippen LogP contribution in [0.1, 0.15) is 0 Å². The van der Waals surface area contributed by atoms with Crippen LogP contribution in [0.3, 0.4) is 0 Å². The minimum Gasteiger partial charge on any atom is -0.326 e. The van der Waals surface area contributed by atoms with Crippen LogP contribution in [-0.4, -0.2) is 41.6 Å². The fourth-order valence-corrected chi connectivity index (χ4v) is 0.808. The Labute approximate surface area is 83.2 Å². The summed E-state index contributed by atoms with van der Waals surface area (Å²) in [5.74, 6) is -0.249. The van der Waals surface area contributed by atoms with Crippen LogP contribution < -0.4 is 5.32 Å². The van der Waals surface area contributed by atoms with E-state index < -0.39 is 18.4 Å². The SMILES string of the molecule is C=CCNCCS(=O)(=O)O.O=[PH](O)O. The topological polar surface area (TPSA) is 124 Å². The predicted molar refractivity (Wildman–Crippen MR) is 52.9 cm³/mol. The van der Waals surface area contributed by atoms with E-state index in [0.29, 0.717) is 6.54 Å². The molecule has 14 heavy (non-hydrogen) atoms. The van der Waals surface area contributed by atoms with Gasteiger partial charge in [-0.1, -0.05) is 6.08 Å². The van der Waals surface area contributed by atoms with Crippen LogP contribution in [-0.2, 0) is 14.7 Å². The molecule has 7 nitrogen and oxygen atoms in total. The quantitative estimate of drug-likeness (QED) is 0.213. The van der Waals surface area contributed by atoms with Crippen molar-refractivity contribution >= 4 is 18.4 Å². The van der Waals surface area contributed by atoms with Gasteiger partial charge in [0.05, 0.1) is 5.75 Å². The third kappa shape index (κ3) is 29.8. The zero-order valence-corrected chi connectivity index (χ0v) is 9.20. The smallest absolute Gasteiger partial charge is 0.314 e. The molecule has 0 aliphatic heterocycles. The molecule has 0 amide bonds. The molecule has 0 atom stereocenters. The standard InChI is InChI=1S/C5H11NO3S.H3O3P/c1-2-3-6-4-5-10(7,8)9;1-4(2)3/h2,6H,1,3-5H2,(H,7,8,9);4H,(H2,1,2,3). The highest BCUT2D eigenvalue weighted by Crippen LogP contribution is 1.98. The molecule has 0 aliphatic rings. The molecule has 0 heterocycles. The highest BCUT2D eigenvalue weighted by Gasteiger charge is 2.01. The Bertz CT molecular complexity index is 259. The van der Waals surface area contributed by atoms with Crippen LogP contribution >= 0.6 is 8.25 Å². The van der Waals surface area contributed by atoms with Crippen molar-refractivity contribution in [3.05, 3.63) is 12.7 Å². The first kappa shape index (κ1) is 16.2. The zero-order valence-electron chi connectivity index (χ0n) is 7.38. The van der Waals surface area contributed by atoms with Crippen LogP contribution in [0.4, 0.5) is 0 Å². The Balaban J connectivity index is 0. The lowest BCUT2D eigenvalue weighted by Gasteiger charge is -1.97. The summed E-state index contributed by atoms with van der Waals surface area (Å²) in [7, 11) is -6.93. The monoisotopic (exact) mass is 247 g/mol. The van der Waals surface area contributed by atoms with Gasteiger partial charge in [0.15, 0.2) is 0 Å². The summed E-state index contributed by atoms with van der Waals surface area (Å²) in [6.07, 6.45) is 1.62. The Morgan fingerprint density at radius 1 is 1.43 bits per heavy atom. The first-order valence-corrected chi connectivity index (χ1v) is 6.39. The molecule has 9 heteroatoms. The van der Waals surface area contributed by atoms with Crippen molar-refractivity contribution < 1.29 is 27.3 Å². The maximum Gasteiger partial charge on any atom is 0.314 e. The van der Waals surface area contributed by atoms with Gasteiger partial charge in [-0.2, -0.15) is 8.42 Å². The second-order valence-electron chi connectivity index (χ2n) is 2.06. The second kappa shape index (κ2) is 9.32. The molecular weight excluding hydrogens is 233 g/mol. The van der Waals surface area contributed by atoms with Gasteiger partial charge in [0, 0.05) is 13.1 Å². The predicted octanol–water partition coefficient (Wildman–Crippen LogP) is -0.989. The van der Waals surface area contributed by atoms with Crippen LogP contribution in [0, 0.1) is 0 Å². The van der Waals surface area contributed by atoms with Crippen molar-refractivity contribution in [2.24, 2.45) is 0 Å². The molecule has 0 saturated heterocycles.